The number of nitrogens with one attached hydrogen (secondary N) is 2. The zero-order valence-electron chi connectivity index (χ0n) is 12.6. The molecule has 0 unspecified atom stereocenters. The monoisotopic (exact) mass is 324 g/mol. The van der Waals surface area contributed by atoms with Gasteiger partial charge in [0.1, 0.15) is 5.01 Å². The summed E-state index contributed by atoms with van der Waals surface area (Å²) in [5.74, 6) is -0.145. The molecule has 2 heterocycles. The van der Waals surface area contributed by atoms with Crippen LogP contribution in [0.3, 0.4) is 0 Å². The molecular weight excluding hydrogens is 308 g/mol. The van der Waals surface area contributed by atoms with E-state index >= 15 is 0 Å². The molecule has 23 heavy (non-hydrogen) atoms. The van der Waals surface area contributed by atoms with Crippen LogP contribution in [0.25, 0.3) is 16.6 Å². The highest BCUT2D eigenvalue weighted by molar-refractivity contribution is 7.15. The first-order valence-corrected chi connectivity index (χ1v) is 8.00. The van der Waals surface area contributed by atoms with Crippen molar-refractivity contribution < 1.29 is 4.79 Å². The van der Waals surface area contributed by atoms with E-state index in [0.29, 0.717) is 6.54 Å². The van der Waals surface area contributed by atoms with Crippen LogP contribution in [0.2, 0.25) is 0 Å². The summed E-state index contributed by atoms with van der Waals surface area (Å²) in [5, 5.41) is 3.85. The first-order valence-electron chi connectivity index (χ1n) is 7.18. The van der Waals surface area contributed by atoms with Gasteiger partial charge in [-0.05, 0) is 13.0 Å². The lowest BCUT2D eigenvalue weighted by atomic mass is 10.2. The van der Waals surface area contributed by atoms with Crippen LogP contribution in [-0.4, -0.2) is 20.9 Å². The van der Waals surface area contributed by atoms with Crippen molar-refractivity contribution in [1.82, 2.24) is 20.3 Å². The van der Waals surface area contributed by atoms with Crippen molar-refractivity contribution in [3.05, 3.63) is 65.2 Å². The lowest BCUT2D eigenvalue weighted by molar-refractivity contribution is -0.116. The molecule has 5 nitrogen and oxygen atoms in total. The fraction of sp³-hybridized carbons (Fsp3) is 0.118. The van der Waals surface area contributed by atoms with Gasteiger partial charge in [0.25, 0.3) is 0 Å². The molecule has 0 aliphatic rings. The summed E-state index contributed by atoms with van der Waals surface area (Å²) in [6.07, 6.45) is 6.41. The molecule has 2 N–H and O–H groups in total. The Morgan fingerprint density at radius 3 is 2.91 bits per heavy atom. The van der Waals surface area contributed by atoms with Gasteiger partial charge in [0.15, 0.2) is 0 Å². The molecule has 3 rings (SSSR count). The number of hydrogen-bond acceptors (Lipinski definition) is 4. The van der Waals surface area contributed by atoms with Gasteiger partial charge in [0, 0.05) is 16.5 Å². The van der Waals surface area contributed by atoms with Crippen LogP contribution < -0.4 is 5.32 Å². The Labute approximate surface area is 138 Å². The summed E-state index contributed by atoms with van der Waals surface area (Å²) in [5.41, 5.74) is 2.84. The fourth-order valence-corrected chi connectivity index (χ4v) is 3.05. The number of aromatic nitrogens is 3. The minimum atomic E-state index is -0.145. The average molecular weight is 324 g/mol. The van der Waals surface area contributed by atoms with Gasteiger partial charge in [0.05, 0.1) is 30.5 Å². The summed E-state index contributed by atoms with van der Waals surface area (Å²) in [6, 6.07) is 10.0. The number of rotatable bonds is 5. The molecule has 0 aliphatic carbocycles. The Hall–Kier alpha value is -2.73. The van der Waals surface area contributed by atoms with E-state index in [1.807, 2.05) is 37.3 Å². The quantitative estimate of drug-likeness (QED) is 0.708. The molecule has 0 bridgehead atoms. The largest absolute Gasteiger partial charge is 0.348 e. The second kappa shape index (κ2) is 7.02. The fourth-order valence-electron chi connectivity index (χ4n) is 2.05. The van der Waals surface area contributed by atoms with Crippen molar-refractivity contribution in [3.8, 4) is 10.6 Å². The van der Waals surface area contributed by atoms with Gasteiger partial charge in [-0.1, -0.05) is 30.3 Å². The van der Waals surface area contributed by atoms with E-state index in [0.717, 1.165) is 26.8 Å². The number of aryl methyl sites for hydroxylation is 1. The zero-order chi connectivity index (χ0) is 16.1. The lowest BCUT2D eigenvalue weighted by Gasteiger charge is -1.99. The van der Waals surface area contributed by atoms with Crippen molar-refractivity contribution in [3.63, 3.8) is 0 Å². The first kappa shape index (κ1) is 15.2. The van der Waals surface area contributed by atoms with Gasteiger partial charge in [0.2, 0.25) is 5.91 Å². The third-order valence-corrected chi connectivity index (χ3v) is 4.48. The predicted octanol–water partition coefficient (Wildman–Crippen LogP) is 3.17. The molecule has 0 saturated carbocycles. The standard InChI is InChI=1S/C17H16N4OS/c1-12-15(23-17(21-12)13-5-3-2-4-6-13)10-19-16(22)8-7-14-9-18-11-20-14/h2-9,11H,10H2,1H3,(H,18,20)(H,19,22)/b8-7+. The molecule has 6 heteroatoms. The summed E-state index contributed by atoms with van der Waals surface area (Å²) < 4.78 is 0. The molecule has 0 spiro atoms. The minimum Gasteiger partial charge on any atom is -0.348 e. The zero-order valence-corrected chi connectivity index (χ0v) is 13.4. The number of H-pyrrole nitrogens is 1. The number of nitrogens with zero attached hydrogens (tertiary/aromatic N) is 2. The number of benzene rings is 1. The Kier molecular flexibility index (Phi) is 4.63. The molecule has 0 fully saturated rings. The second-order valence-electron chi connectivity index (χ2n) is 4.95. The van der Waals surface area contributed by atoms with Gasteiger partial charge in [-0.2, -0.15) is 0 Å². The molecule has 1 amide bonds. The van der Waals surface area contributed by atoms with Crippen LogP contribution >= 0.6 is 11.3 Å². The molecule has 1 aromatic carbocycles. The van der Waals surface area contributed by atoms with E-state index in [1.165, 1.54) is 6.08 Å². The maximum absolute atomic E-state index is 11.9. The van der Waals surface area contributed by atoms with E-state index in [4.69, 9.17) is 0 Å². The number of hydrogen-bond donors (Lipinski definition) is 2. The maximum atomic E-state index is 11.9. The third kappa shape index (κ3) is 3.92. The topological polar surface area (TPSA) is 70.7 Å². The van der Waals surface area contributed by atoms with Crippen molar-refractivity contribution in [2.75, 3.05) is 0 Å². The third-order valence-electron chi connectivity index (χ3n) is 3.27. The average Bonchev–Trinajstić information content (AvgIpc) is 3.21. The molecule has 0 atom stereocenters. The van der Waals surface area contributed by atoms with Crippen molar-refractivity contribution in [2.45, 2.75) is 13.5 Å². The van der Waals surface area contributed by atoms with Crippen molar-refractivity contribution in [2.24, 2.45) is 0 Å². The molecule has 116 valence electrons. The number of carbonyl (C=O) groups excluding carboxylic acids is 1. The smallest absolute Gasteiger partial charge is 0.244 e. The van der Waals surface area contributed by atoms with E-state index < -0.39 is 0 Å². The summed E-state index contributed by atoms with van der Waals surface area (Å²) in [4.78, 5) is 24.3. The highest BCUT2D eigenvalue weighted by Crippen LogP contribution is 2.27. The maximum Gasteiger partial charge on any atom is 0.244 e. The van der Waals surface area contributed by atoms with Gasteiger partial charge >= 0.3 is 0 Å². The van der Waals surface area contributed by atoms with E-state index in [1.54, 1.807) is 29.9 Å². The molecule has 0 aliphatic heterocycles. The second-order valence-corrected chi connectivity index (χ2v) is 6.04. The Balaban J connectivity index is 1.62. The van der Waals surface area contributed by atoms with Crippen LogP contribution in [0.15, 0.2) is 48.9 Å². The van der Waals surface area contributed by atoms with Gasteiger partial charge in [-0.3, -0.25) is 4.79 Å². The number of amides is 1. The summed E-state index contributed by atoms with van der Waals surface area (Å²) >= 11 is 1.60. The normalized spacial score (nSPS) is 11.0. The minimum absolute atomic E-state index is 0.145. The number of aromatic amines is 1. The van der Waals surface area contributed by atoms with E-state index in [9.17, 15) is 4.79 Å². The highest BCUT2D eigenvalue weighted by atomic mass is 32.1. The summed E-state index contributed by atoms with van der Waals surface area (Å²) in [7, 11) is 0. The summed E-state index contributed by atoms with van der Waals surface area (Å²) in [6.45, 7) is 2.44. The van der Waals surface area contributed by atoms with Crippen molar-refractivity contribution in [1.29, 1.82) is 0 Å². The predicted molar refractivity (Wildman–Crippen MR) is 91.8 cm³/mol. The van der Waals surface area contributed by atoms with E-state index in [-0.39, 0.29) is 5.91 Å². The van der Waals surface area contributed by atoms with Crippen LogP contribution in [0.4, 0.5) is 0 Å². The molecule has 0 saturated heterocycles. The van der Waals surface area contributed by atoms with Gasteiger partial charge in [-0.25, -0.2) is 9.97 Å². The first-order chi connectivity index (χ1) is 11.2. The molecular formula is C17H16N4OS. The van der Waals surface area contributed by atoms with Crippen LogP contribution in [-0.2, 0) is 11.3 Å². The Morgan fingerprint density at radius 1 is 1.35 bits per heavy atom. The van der Waals surface area contributed by atoms with Gasteiger partial charge < -0.3 is 10.3 Å². The van der Waals surface area contributed by atoms with Crippen LogP contribution in [0.1, 0.15) is 16.3 Å². The number of thiazole rings is 1. The van der Waals surface area contributed by atoms with Gasteiger partial charge in [-0.15, -0.1) is 11.3 Å². The number of imidazole rings is 1. The SMILES string of the molecule is Cc1nc(-c2ccccc2)sc1CNC(=O)/C=C/c1cnc[nH]1. The van der Waals surface area contributed by atoms with Crippen LogP contribution in [0, 0.1) is 6.92 Å². The van der Waals surface area contributed by atoms with Crippen molar-refractivity contribution >= 4 is 23.3 Å². The van der Waals surface area contributed by atoms with Crippen LogP contribution in [0.5, 0.6) is 0 Å². The Morgan fingerprint density at radius 2 is 2.17 bits per heavy atom. The molecule has 2 aromatic heterocycles. The van der Waals surface area contributed by atoms with E-state index in [2.05, 4.69) is 20.3 Å². The Bertz CT molecular complexity index is 807. The number of carbonyl (C=O) groups is 1. The highest BCUT2D eigenvalue weighted by Gasteiger charge is 2.09. The molecule has 0 radical (unpaired) electrons. The molecule has 3 aromatic rings. The lowest BCUT2D eigenvalue weighted by Crippen LogP contribution is -2.20.